The first-order valence-electron chi connectivity index (χ1n) is 6.38. The standard InChI is InChI=1S/C16H16FNO2/c1-11(19)18-8-7-12-5-6-15(20)10-16(12)13-3-2-4-14(17)9-13/h2-6,9-10,20H,7-8H2,1H3,(H,18,19). The molecular weight excluding hydrogens is 257 g/mol. The minimum Gasteiger partial charge on any atom is -0.508 e. The molecule has 0 unspecified atom stereocenters. The Balaban J connectivity index is 2.30. The van der Waals surface area contributed by atoms with Crippen LogP contribution in [0.2, 0.25) is 0 Å². The maximum Gasteiger partial charge on any atom is 0.216 e. The van der Waals surface area contributed by atoms with E-state index >= 15 is 0 Å². The molecule has 2 aromatic carbocycles. The van der Waals surface area contributed by atoms with Crippen molar-refractivity contribution in [2.45, 2.75) is 13.3 Å². The Labute approximate surface area is 117 Å². The number of hydrogen-bond donors (Lipinski definition) is 2. The first-order valence-corrected chi connectivity index (χ1v) is 6.38. The van der Waals surface area contributed by atoms with Crippen molar-refractivity contribution in [1.82, 2.24) is 5.32 Å². The van der Waals surface area contributed by atoms with Crippen molar-refractivity contribution in [2.24, 2.45) is 0 Å². The highest BCUT2D eigenvalue weighted by Crippen LogP contribution is 2.28. The summed E-state index contributed by atoms with van der Waals surface area (Å²) < 4.78 is 13.3. The Hall–Kier alpha value is -2.36. The van der Waals surface area contributed by atoms with Crippen molar-refractivity contribution in [3.05, 3.63) is 53.8 Å². The highest BCUT2D eigenvalue weighted by atomic mass is 19.1. The average molecular weight is 273 g/mol. The highest BCUT2D eigenvalue weighted by Gasteiger charge is 2.07. The van der Waals surface area contributed by atoms with Crippen molar-refractivity contribution >= 4 is 5.91 Å². The molecule has 2 rings (SSSR count). The fraction of sp³-hybridized carbons (Fsp3) is 0.188. The van der Waals surface area contributed by atoms with Crippen molar-refractivity contribution < 1.29 is 14.3 Å². The van der Waals surface area contributed by atoms with Gasteiger partial charge in [0.25, 0.3) is 0 Å². The third-order valence-electron chi connectivity index (χ3n) is 3.00. The van der Waals surface area contributed by atoms with Crippen LogP contribution in [0.15, 0.2) is 42.5 Å². The molecule has 0 aliphatic carbocycles. The van der Waals surface area contributed by atoms with Crippen LogP contribution in [0.5, 0.6) is 5.75 Å². The molecule has 2 N–H and O–H groups in total. The topological polar surface area (TPSA) is 49.3 Å². The van der Waals surface area contributed by atoms with Crippen LogP contribution in [0.25, 0.3) is 11.1 Å². The summed E-state index contributed by atoms with van der Waals surface area (Å²) in [7, 11) is 0. The summed E-state index contributed by atoms with van der Waals surface area (Å²) in [5, 5.41) is 12.3. The quantitative estimate of drug-likeness (QED) is 0.900. The fourth-order valence-corrected chi connectivity index (χ4v) is 2.08. The fourth-order valence-electron chi connectivity index (χ4n) is 2.08. The summed E-state index contributed by atoms with van der Waals surface area (Å²) >= 11 is 0. The second-order valence-electron chi connectivity index (χ2n) is 4.58. The molecule has 0 atom stereocenters. The van der Waals surface area contributed by atoms with E-state index in [4.69, 9.17) is 0 Å². The molecular formula is C16H16FNO2. The molecule has 0 saturated heterocycles. The summed E-state index contributed by atoms with van der Waals surface area (Å²) in [4.78, 5) is 10.9. The van der Waals surface area contributed by atoms with Crippen LogP contribution in [0.4, 0.5) is 4.39 Å². The molecule has 0 spiro atoms. The molecule has 0 bridgehead atoms. The zero-order chi connectivity index (χ0) is 14.5. The zero-order valence-corrected chi connectivity index (χ0v) is 11.2. The first-order chi connectivity index (χ1) is 9.56. The normalized spacial score (nSPS) is 10.3. The molecule has 0 aliphatic rings. The Morgan fingerprint density at radius 3 is 2.75 bits per heavy atom. The van der Waals surface area contributed by atoms with Gasteiger partial charge in [-0.25, -0.2) is 4.39 Å². The van der Waals surface area contributed by atoms with Crippen LogP contribution in [-0.2, 0) is 11.2 Å². The lowest BCUT2D eigenvalue weighted by molar-refractivity contribution is -0.118. The summed E-state index contributed by atoms with van der Waals surface area (Å²) in [5.41, 5.74) is 2.43. The SMILES string of the molecule is CC(=O)NCCc1ccc(O)cc1-c1cccc(F)c1. The molecule has 0 saturated carbocycles. The largest absolute Gasteiger partial charge is 0.508 e. The van der Waals surface area contributed by atoms with E-state index in [2.05, 4.69) is 5.32 Å². The monoisotopic (exact) mass is 273 g/mol. The second kappa shape index (κ2) is 6.19. The minimum atomic E-state index is -0.321. The van der Waals surface area contributed by atoms with Gasteiger partial charge in [0.2, 0.25) is 5.91 Å². The Kier molecular flexibility index (Phi) is 4.35. The average Bonchev–Trinajstić information content (AvgIpc) is 2.40. The molecule has 0 aliphatic heterocycles. The molecule has 4 heteroatoms. The molecule has 20 heavy (non-hydrogen) atoms. The van der Waals surface area contributed by atoms with E-state index in [0.717, 1.165) is 11.1 Å². The van der Waals surface area contributed by atoms with Crippen LogP contribution in [-0.4, -0.2) is 17.6 Å². The predicted molar refractivity (Wildman–Crippen MR) is 75.9 cm³/mol. The highest BCUT2D eigenvalue weighted by molar-refractivity contribution is 5.73. The molecule has 0 aromatic heterocycles. The van der Waals surface area contributed by atoms with Gasteiger partial charge in [-0.3, -0.25) is 4.79 Å². The van der Waals surface area contributed by atoms with Crippen LogP contribution in [0, 0.1) is 5.82 Å². The van der Waals surface area contributed by atoms with E-state index in [1.807, 2.05) is 0 Å². The van der Waals surface area contributed by atoms with Crippen LogP contribution in [0.3, 0.4) is 0 Å². The minimum absolute atomic E-state index is 0.0870. The van der Waals surface area contributed by atoms with Gasteiger partial charge in [-0.1, -0.05) is 18.2 Å². The molecule has 2 aromatic rings. The zero-order valence-electron chi connectivity index (χ0n) is 11.2. The Bertz CT molecular complexity index is 626. The Morgan fingerprint density at radius 1 is 1.25 bits per heavy atom. The van der Waals surface area contributed by atoms with Gasteiger partial charge in [-0.15, -0.1) is 0 Å². The third-order valence-corrected chi connectivity index (χ3v) is 3.00. The first kappa shape index (κ1) is 14.1. The number of hydrogen-bond acceptors (Lipinski definition) is 2. The summed E-state index contributed by atoms with van der Waals surface area (Å²) in [6.07, 6.45) is 0.617. The second-order valence-corrected chi connectivity index (χ2v) is 4.58. The number of nitrogens with one attached hydrogen (secondary N) is 1. The number of carbonyl (C=O) groups is 1. The summed E-state index contributed by atoms with van der Waals surface area (Å²) in [6, 6.07) is 11.2. The van der Waals surface area contributed by atoms with E-state index < -0.39 is 0 Å². The number of aromatic hydroxyl groups is 1. The lowest BCUT2D eigenvalue weighted by atomic mass is 9.97. The van der Waals surface area contributed by atoms with Gasteiger partial charge < -0.3 is 10.4 Å². The molecule has 1 amide bonds. The van der Waals surface area contributed by atoms with Gasteiger partial charge in [0.1, 0.15) is 11.6 Å². The van der Waals surface area contributed by atoms with Crippen molar-refractivity contribution in [3.8, 4) is 16.9 Å². The van der Waals surface area contributed by atoms with Crippen LogP contribution >= 0.6 is 0 Å². The number of benzene rings is 2. The number of rotatable bonds is 4. The van der Waals surface area contributed by atoms with Gasteiger partial charge in [0, 0.05) is 13.5 Å². The molecule has 0 fully saturated rings. The lowest BCUT2D eigenvalue weighted by Crippen LogP contribution is -2.22. The summed E-state index contributed by atoms with van der Waals surface area (Å²) in [6.45, 7) is 1.97. The van der Waals surface area contributed by atoms with Crippen molar-refractivity contribution in [2.75, 3.05) is 6.54 Å². The van der Waals surface area contributed by atoms with Crippen molar-refractivity contribution in [1.29, 1.82) is 0 Å². The van der Waals surface area contributed by atoms with Crippen molar-refractivity contribution in [3.63, 3.8) is 0 Å². The molecule has 0 radical (unpaired) electrons. The molecule has 0 heterocycles. The van der Waals surface area contributed by atoms with E-state index in [1.165, 1.54) is 19.1 Å². The van der Waals surface area contributed by atoms with Gasteiger partial charge >= 0.3 is 0 Å². The van der Waals surface area contributed by atoms with E-state index in [0.29, 0.717) is 18.5 Å². The number of amides is 1. The molecule has 3 nitrogen and oxygen atoms in total. The van der Waals surface area contributed by atoms with Gasteiger partial charge in [-0.05, 0) is 47.4 Å². The van der Waals surface area contributed by atoms with E-state index in [-0.39, 0.29) is 17.5 Å². The van der Waals surface area contributed by atoms with Gasteiger partial charge in [0.05, 0.1) is 0 Å². The Morgan fingerprint density at radius 2 is 2.05 bits per heavy atom. The van der Waals surface area contributed by atoms with Gasteiger partial charge in [-0.2, -0.15) is 0 Å². The van der Waals surface area contributed by atoms with E-state index in [9.17, 15) is 14.3 Å². The number of halogens is 1. The lowest BCUT2D eigenvalue weighted by Gasteiger charge is -2.11. The van der Waals surface area contributed by atoms with Crippen LogP contribution < -0.4 is 5.32 Å². The maximum absolute atomic E-state index is 13.3. The number of phenolic OH excluding ortho intramolecular Hbond substituents is 1. The third kappa shape index (κ3) is 3.57. The summed E-state index contributed by atoms with van der Waals surface area (Å²) in [5.74, 6) is -0.276. The van der Waals surface area contributed by atoms with E-state index in [1.54, 1.807) is 30.3 Å². The smallest absolute Gasteiger partial charge is 0.216 e. The van der Waals surface area contributed by atoms with Gasteiger partial charge in [0.15, 0.2) is 0 Å². The molecule has 104 valence electrons. The van der Waals surface area contributed by atoms with Crippen LogP contribution in [0.1, 0.15) is 12.5 Å². The number of carbonyl (C=O) groups excluding carboxylic acids is 1. The predicted octanol–water partition coefficient (Wildman–Crippen LogP) is 2.88. The number of phenols is 1. The maximum atomic E-state index is 13.3.